The Bertz CT molecular complexity index is 1050. The summed E-state index contributed by atoms with van der Waals surface area (Å²) in [5.74, 6) is -0.225. The predicted octanol–water partition coefficient (Wildman–Crippen LogP) is 3.67. The van der Waals surface area contributed by atoms with E-state index in [1.165, 1.54) is 15.8 Å². The minimum atomic E-state index is -0.235. The van der Waals surface area contributed by atoms with Crippen molar-refractivity contribution in [3.63, 3.8) is 0 Å². The average molecular weight is 390 g/mol. The molecule has 2 aromatic carbocycles. The lowest BCUT2D eigenvalue weighted by Gasteiger charge is -2.19. The van der Waals surface area contributed by atoms with Gasteiger partial charge in [0.15, 0.2) is 0 Å². The molecule has 0 N–H and O–H groups in total. The molecule has 3 rings (SSSR count). The van der Waals surface area contributed by atoms with E-state index < -0.39 is 0 Å². The fourth-order valence-corrected chi connectivity index (χ4v) is 3.11. The van der Waals surface area contributed by atoms with Crippen LogP contribution in [0.25, 0.3) is 10.9 Å². The van der Waals surface area contributed by atoms with Crippen molar-refractivity contribution in [2.75, 3.05) is 7.05 Å². The van der Waals surface area contributed by atoms with E-state index in [0.29, 0.717) is 27.5 Å². The van der Waals surface area contributed by atoms with Crippen molar-refractivity contribution in [2.24, 2.45) is 0 Å². The van der Waals surface area contributed by atoms with Crippen molar-refractivity contribution in [2.45, 2.75) is 20.0 Å². The predicted molar refractivity (Wildman–Crippen MR) is 104 cm³/mol. The van der Waals surface area contributed by atoms with Crippen LogP contribution in [-0.4, -0.2) is 27.4 Å². The molecule has 3 aromatic rings. The van der Waals surface area contributed by atoms with Crippen molar-refractivity contribution in [3.8, 4) is 0 Å². The highest BCUT2D eigenvalue weighted by Gasteiger charge is 2.15. The van der Waals surface area contributed by atoms with Gasteiger partial charge in [-0.1, -0.05) is 47.5 Å². The van der Waals surface area contributed by atoms with Gasteiger partial charge < -0.3 is 4.90 Å². The van der Waals surface area contributed by atoms with E-state index in [4.69, 9.17) is 23.2 Å². The Kier molecular flexibility index (Phi) is 5.30. The van der Waals surface area contributed by atoms with Crippen LogP contribution in [0.1, 0.15) is 11.1 Å². The molecule has 1 amide bonds. The van der Waals surface area contributed by atoms with Crippen molar-refractivity contribution in [3.05, 3.63) is 74.3 Å². The first-order valence-electron chi connectivity index (χ1n) is 8.00. The maximum Gasteiger partial charge on any atom is 0.261 e. The van der Waals surface area contributed by atoms with Crippen LogP contribution in [0.2, 0.25) is 10.0 Å². The first-order valence-corrected chi connectivity index (χ1v) is 8.75. The lowest BCUT2D eigenvalue weighted by atomic mass is 10.1. The third-order valence-electron chi connectivity index (χ3n) is 4.23. The Hall–Kier alpha value is -2.37. The number of likely N-dealkylation sites (N-methyl/N-ethyl adjacent to an activating group) is 1. The molecule has 0 spiro atoms. The van der Waals surface area contributed by atoms with E-state index in [0.717, 1.165) is 11.1 Å². The van der Waals surface area contributed by atoms with E-state index in [-0.39, 0.29) is 18.0 Å². The van der Waals surface area contributed by atoms with Crippen LogP contribution in [0.4, 0.5) is 0 Å². The molecule has 0 saturated carbocycles. The lowest BCUT2D eigenvalue weighted by molar-refractivity contribution is -0.131. The zero-order valence-electron chi connectivity index (χ0n) is 14.4. The van der Waals surface area contributed by atoms with Crippen LogP contribution >= 0.6 is 23.2 Å². The smallest absolute Gasteiger partial charge is 0.261 e. The number of hydrogen-bond donors (Lipinski definition) is 0. The monoisotopic (exact) mass is 389 g/mol. The normalized spacial score (nSPS) is 10.9. The summed E-state index contributed by atoms with van der Waals surface area (Å²) in [6.07, 6.45) is 1.41. The SMILES string of the molecule is Cc1cccc2c(=O)n(CC(=O)N(C)Cc3cccc(Cl)c3Cl)cnc12. The molecule has 0 bridgehead atoms. The van der Waals surface area contributed by atoms with Crippen LogP contribution in [0.15, 0.2) is 47.5 Å². The van der Waals surface area contributed by atoms with Gasteiger partial charge in [-0.15, -0.1) is 0 Å². The van der Waals surface area contributed by atoms with Crippen molar-refractivity contribution in [1.82, 2.24) is 14.5 Å². The maximum atomic E-state index is 12.6. The molecule has 1 aromatic heterocycles. The van der Waals surface area contributed by atoms with Crippen LogP contribution in [0, 0.1) is 6.92 Å². The van der Waals surface area contributed by atoms with Crippen molar-refractivity contribution in [1.29, 1.82) is 0 Å². The number of carbonyl (C=O) groups excluding carboxylic acids is 1. The Labute approximate surface area is 160 Å². The summed E-state index contributed by atoms with van der Waals surface area (Å²) in [5.41, 5.74) is 2.09. The zero-order chi connectivity index (χ0) is 18.8. The van der Waals surface area contributed by atoms with E-state index in [1.54, 1.807) is 31.3 Å². The molecular weight excluding hydrogens is 373 g/mol. The summed E-state index contributed by atoms with van der Waals surface area (Å²) in [5, 5.41) is 1.37. The summed E-state index contributed by atoms with van der Waals surface area (Å²) in [6, 6.07) is 10.7. The number of halogens is 2. The third kappa shape index (κ3) is 3.59. The fraction of sp³-hybridized carbons (Fsp3) is 0.211. The maximum absolute atomic E-state index is 12.6. The standard InChI is InChI=1S/C19H17Cl2N3O2/c1-12-5-3-7-14-18(12)22-11-24(19(14)26)10-16(25)23(2)9-13-6-4-8-15(20)17(13)21/h3-8,11H,9-10H2,1-2H3. The summed E-state index contributed by atoms with van der Waals surface area (Å²) in [4.78, 5) is 31.0. The molecule has 5 nitrogen and oxygen atoms in total. The van der Waals surface area contributed by atoms with E-state index in [2.05, 4.69) is 4.98 Å². The van der Waals surface area contributed by atoms with Gasteiger partial charge in [-0.05, 0) is 30.2 Å². The molecule has 0 radical (unpaired) electrons. The van der Waals surface area contributed by atoms with Gasteiger partial charge in [-0.25, -0.2) is 4.98 Å². The van der Waals surface area contributed by atoms with Crippen LogP contribution < -0.4 is 5.56 Å². The zero-order valence-corrected chi connectivity index (χ0v) is 15.9. The van der Waals surface area contributed by atoms with Gasteiger partial charge in [-0.3, -0.25) is 14.2 Å². The first kappa shape index (κ1) is 18.4. The van der Waals surface area contributed by atoms with E-state index >= 15 is 0 Å². The minimum Gasteiger partial charge on any atom is -0.340 e. The van der Waals surface area contributed by atoms with E-state index in [9.17, 15) is 9.59 Å². The van der Waals surface area contributed by atoms with Gasteiger partial charge in [0, 0.05) is 13.6 Å². The second-order valence-electron chi connectivity index (χ2n) is 6.11. The number of benzene rings is 2. The van der Waals surface area contributed by atoms with Crippen LogP contribution in [-0.2, 0) is 17.9 Å². The van der Waals surface area contributed by atoms with Gasteiger partial charge >= 0.3 is 0 Å². The quantitative estimate of drug-likeness (QED) is 0.683. The molecule has 0 unspecified atom stereocenters. The van der Waals surface area contributed by atoms with Gasteiger partial charge in [0.25, 0.3) is 5.56 Å². The molecule has 0 aliphatic heterocycles. The molecule has 0 aliphatic carbocycles. The molecule has 1 heterocycles. The van der Waals surface area contributed by atoms with Crippen molar-refractivity contribution >= 4 is 40.0 Å². The number of nitrogens with zero attached hydrogens (tertiary/aromatic N) is 3. The molecule has 0 fully saturated rings. The molecule has 0 saturated heterocycles. The number of hydrogen-bond acceptors (Lipinski definition) is 3. The molecule has 0 aliphatic rings. The van der Waals surface area contributed by atoms with Crippen LogP contribution in [0.5, 0.6) is 0 Å². The Morgan fingerprint density at radius 2 is 1.92 bits per heavy atom. The summed E-state index contributed by atoms with van der Waals surface area (Å²) in [7, 11) is 1.66. The summed E-state index contributed by atoms with van der Waals surface area (Å²) < 4.78 is 1.32. The van der Waals surface area contributed by atoms with Gasteiger partial charge in [0.1, 0.15) is 6.54 Å². The van der Waals surface area contributed by atoms with Gasteiger partial charge in [0.2, 0.25) is 5.91 Å². The molecule has 26 heavy (non-hydrogen) atoms. The Morgan fingerprint density at radius 1 is 1.19 bits per heavy atom. The minimum absolute atomic E-state index is 0.0929. The second-order valence-corrected chi connectivity index (χ2v) is 6.90. The number of rotatable bonds is 4. The highest BCUT2D eigenvalue weighted by Crippen LogP contribution is 2.26. The Balaban J connectivity index is 1.81. The Morgan fingerprint density at radius 3 is 2.69 bits per heavy atom. The topological polar surface area (TPSA) is 55.2 Å². The van der Waals surface area contributed by atoms with Crippen LogP contribution in [0.3, 0.4) is 0 Å². The highest BCUT2D eigenvalue weighted by atomic mass is 35.5. The number of fused-ring (bicyclic) bond motifs is 1. The molecular formula is C19H17Cl2N3O2. The lowest BCUT2D eigenvalue weighted by Crippen LogP contribution is -2.33. The number of carbonyl (C=O) groups is 1. The highest BCUT2D eigenvalue weighted by molar-refractivity contribution is 6.42. The molecule has 134 valence electrons. The van der Waals surface area contributed by atoms with E-state index in [1.807, 2.05) is 19.1 Å². The number of amides is 1. The van der Waals surface area contributed by atoms with Gasteiger partial charge in [0.05, 0.1) is 27.3 Å². The third-order valence-corrected chi connectivity index (χ3v) is 5.08. The molecule has 0 atom stereocenters. The average Bonchev–Trinajstić information content (AvgIpc) is 2.61. The number of aromatic nitrogens is 2. The number of aryl methyl sites for hydroxylation is 1. The first-order chi connectivity index (χ1) is 12.4. The molecule has 7 heteroatoms. The summed E-state index contributed by atoms with van der Waals surface area (Å²) >= 11 is 12.2. The fourth-order valence-electron chi connectivity index (χ4n) is 2.73. The van der Waals surface area contributed by atoms with Gasteiger partial charge in [-0.2, -0.15) is 0 Å². The largest absolute Gasteiger partial charge is 0.340 e. The van der Waals surface area contributed by atoms with Crippen molar-refractivity contribution < 1.29 is 4.79 Å². The second kappa shape index (κ2) is 7.48. The summed E-state index contributed by atoms with van der Waals surface area (Å²) in [6.45, 7) is 2.10. The number of para-hydroxylation sites is 1.